The Kier molecular flexibility index (Phi) is 9.48. The number of nitrogens with zero attached hydrogens (tertiary/aromatic N) is 4. The minimum absolute atomic E-state index is 0. The molecule has 3 heterocycles. The fourth-order valence-corrected chi connectivity index (χ4v) is 4.80. The lowest BCUT2D eigenvalue weighted by atomic mass is 9.99. The van der Waals surface area contributed by atoms with Gasteiger partial charge in [0.2, 0.25) is 0 Å². The highest BCUT2D eigenvalue weighted by atomic mass is 127. The molecule has 0 spiro atoms. The standard InChI is InChI=1S/C20H33N5S.HI/c1-4-18-15-25(11-12-26-18)20(21-3)23-14-17-5-6-19(22-13-17)24-9-7-16(2)8-10-24;/h5-6,13,16,18H,4,7-12,14-15H2,1-3H3,(H,21,23);1H. The number of pyridine rings is 1. The second-order valence-electron chi connectivity index (χ2n) is 7.44. The third-order valence-corrected chi connectivity index (χ3v) is 6.84. The molecule has 1 atom stereocenters. The molecule has 1 unspecified atom stereocenters. The van der Waals surface area contributed by atoms with Gasteiger partial charge in [0.25, 0.3) is 0 Å². The number of rotatable bonds is 4. The van der Waals surface area contributed by atoms with Crippen LogP contribution in [0.5, 0.6) is 0 Å². The largest absolute Gasteiger partial charge is 0.357 e. The van der Waals surface area contributed by atoms with Crippen molar-refractivity contribution in [1.29, 1.82) is 0 Å². The molecule has 3 rings (SSSR count). The van der Waals surface area contributed by atoms with Crippen molar-refractivity contribution in [2.75, 3.05) is 43.9 Å². The second kappa shape index (κ2) is 11.3. The van der Waals surface area contributed by atoms with E-state index < -0.39 is 0 Å². The molecule has 0 saturated carbocycles. The molecule has 0 bridgehead atoms. The molecule has 1 aromatic heterocycles. The summed E-state index contributed by atoms with van der Waals surface area (Å²) in [6.45, 7) is 9.81. The van der Waals surface area contributed by atoms with E-state index >= 15 is 0 Å². The van der Waals surface area contributed by atoms with Crippen molar-refractivity contribution >= 4 is 47.5 Å². The van der Waals surface area contributed by atoms with E-state index in [2.05, 4.69) is 57.9 Å². The maximum absolute atomic E-state index is 4.70. The lowest BCUT2D eigenvalue weighted by Gasteiger charge is -2.34. The quantitative estimate of drug-likeness (QED) is 0.385. The van der Waals surface area contributed by atoms with Gasteiger partial charge in [-0.25, -0.2) is 4.98 Å². The van der Waals surface area contributed by atoms with Crippen LogP contribution in [0, 0.1) is 5.92 Å². The van der Waals surface area contributed by atoms with Crippen molar-refractivity contribution in [3.05, 3.63) is 23.9 Å². The molecule has 7 heteroatoms. The predicted octanol–water partition coefficient (Wildman–Crippen LogP) is 3.84. The van der Waals surface area contributed by atoms with Crippen LogP contribution in [0.2, 0.25) is 0 Å². The number of piperidine rings is 1. The summed E-state index contributed by atoms with van der Waals surface area (Å²) in [5, 5.41) is 4.24. The number of hydrogen-bond donors (Lipinski definition) is 1. The Bertz CT molecular complexity index is 587. The highest BCUT2D eigenvalue weighted by Gasteiger charge is 2.21. The summed E-state index contributed by atoms with van der Waals surface area (Å²) in [7, 11) is 1.88. The minimum atomic E-state index is 0. The Morgan fingerprint density at radius 1 is 1.30 bits per heavy atom. The second-order valence-corrected chi connectivity index (χ2v) is 8.85. The van der Waals surface area contributed by atoms with Gasteiger partial charge in [0.15, 0.2) is 5.96 Å². The first-order valence-corrected chi connectivity index (χ1v) is 11.0. The average molecular weight is 503 g/mol. The molecular formula is C20H34IN5S. The molecule has 0 radical (unpaired) electrons. The van der Waals surface area contributed by atoms with E-state index in [1.807, 2.05) is 13.2 Å². The van der Waals surface area contributed by atoms with Gasteiger partial charge in [0.05, 0.1) is 0 Å². The minimum Gasteiger partial charge on any atom is -0.357 e. The van der Waals surface area contributed by atoms with Gasteiger partial charge in [0, 0.05) is 57.0 Å². The van der Waals surface area contributed by atoms with Gasteiger partial charge >= 0.3 is 0 Å². The van der Waals surface area contributed by atoms with E-state index in [1.54, 1.807) is 0 Å². The molecule has 27 heavy (non-hydrogen) atoms. The summed E-state index contributed by atoms with van der Waals surface area (Å²) in [6.07, 6.45) is 5.77. The topological polar surface area (TPSA) is 43.8 Å². The van der Waals surface area contributed by atoms with Gasteiger partial charge < -0.3 is 15.1 Å². The van der Waals surface area contributed by atoms with Crippen LogP contribution in [-0.4, -0.2) is 60.1 Å². The first-order chi connectivity index (χ1) is 12.7. The number of halogens is 1. The maximum atomic E-state index is 4.70. The van der Waals surface area contributed by atoms with Crippen LogP contribution in [0.1, 0.15) is 38.7 Å². The Balaban J connectivity index is 0.00000261. The summed E-state index contributed by atoms with van der Waals surface area (Å²) in [4.78, 5) is 14.0. The van der Waals surface area contributed by atoms with Crippen LogP contribution >= 0.6 is 35.7 Å². The summed E-state index contributed by atoms with van der Waals surface area (Å²) >= 11 is 2.09. The van der Waals surface area contributed by atoms with Gasteiger partial charge in [-0.2, -0.15) is 11.8 Å². The molecule has 0 amide bonds. The molecule has 2 fully saturated rings. The zero-order chi connectivity index (χ0) is 18.4. The summed E-state index contributed by atoms with van der Waals surface area (Å²) in [6, 6.07) is 4.36. The fourth-order valence-electron chi connectivity index (χ4n) is 3.62. The highest BCUT2D eigenvalue weighted by molar-refractivity contribution is 14.0. The van der Waals surface area contributed by atoms with E-state index in [1.165, 1.54) is 30.6 Å². The van der Waals surface area contributed by atoms with Gasteiger partial charge in [-0.05, 0) is 36.8 Å². The van der Waals surface area contributed by atoms with Crippen LogP contribution in [-0.2, 0) is 6.54 Å². The maximum Gasteiger partial charge on any atom is 0.193 e. The molecule has 2 saturated heterocycles. The van der Waals surface area contributed by atoms with Gasteiger partial charge in [-0.1, -0.05) is 19.9 Å². The number of aromatic nitrogens is 1. The molecule has 2 aliphatic rings. The monoisotopic (exact) mass is 503 g/mol. The molecule has 1 aromatic rings. The van der Waals surface area contributed by atoms with Crippen molar-refractivity contribution in [3.63, 3.8) is 0 Å². The molecule has 152 valence electrons. The average Bonchev–Trinajstić information content (AvgIpc) is 2.70. The van der Waals surface area contributed by atoms with Crippen molar-refractivity contribution in [3.8, 4) is 0 Å². The van der Waals surface area contributed by atoms with Gasteiger partial charge in [-0.15, -0.1) is 24.0 Å². The van der Waals surface area contributed by atoms with Crippen molar-refractivity contribution < 1.29 is 0 Å². The highest BCUT2D eigenvalue weighted by Crippen LogP contribution is 2.22. The lowest BCUT2D eigenvalue weighted by molar-refractivity contribution is 0.408. The molecule has 0 aliphatic carbocycles. The van der Waals surface area contributed by atoms with Gasteiger partial charge in [-0.3, -0.25) is 4.99 Å². The summed E-state index contributed by atoms with van der Waals surface area (Å²) < 4.78 is 0. The zero-order valence-corrected chi connectivity index (χ0v) is 20.0. The number of guanidine groups is 1. The van der Waals surface area contributed by atoms with Crippen molar-refractivity contribution in [2.45, 2.75) is 44.9 Å². The number of nitrogens with one attached hydrogen (secondary N) is 1. The van der Waals surface area contributed by atoms with E-state index in [0.29, 0.717) is 0 Å². The van der Waals surface area contributed by atoms with Gasteiger partial charge in [0.1, 0.15) is 5.82 Å². The van der Waals surface area contributed by atoms with Crippen molar-refractivity contribution in [2.24, 2.45) is 10.9 Å². The Hall–Kier alpha value is -0.700. The normalized spacial score (nSPS) is 21.7. The van der Waals surface area contributed by atoms with Crippen LogP contribution in [0.3, 0.4) is 0 Å². The third-order valence-electron chi connectivity index (χ3n) is 5.47. The van der Waals surface area contributed by atoms with Crippen molar-refractivity contribution in [1.82, 2.24) is 15.2 Å². The molecule has 1 N–H and O–H groups in total. The van der Waals surface area contributed by atoms with Crippen LogP contribution < -0.4 is 10.2 Å². The summed E-state index contributed by atoms with van der Waals surface area (Å²) in [5.41, 5.74) is 1.21. The van der Waals surface area contributed by atoms with E-state index in [4.69, 9.17) is 4.98 Å². The number of hydrogen-bond acceptors (Lipinski definition) is 4. The molecule has 5 nitrogen and oxygen atoms in total. The molecular weight excluding hydrogens is 469 g/mol. The first kappa shape index (κ1) is 22.6. The van der Waals surface area contributed by atoms with Crippen LogP contribution in [0.4, 0.5) is 5.82 Å². The number of aliphatic imine (C=N–C) groups is 1. The smallest absolute Gasteiger partial charge is 0.193 e. The number of anilines is 1. The molecule has 0 aromatic carbocycles. The van der Waals surface area contributed by atoms with Crippen LogP contribution in [0.15, 0.2) is 23.3 Å². The third kappa shape index (κ3) is 6.41. The molecule has 2 aliphatic heterocycles. The predicted molar refractivity (Wildman–Crippen MR) is 129 cm³/mol. The summed E-state index contributed by atoms with van der Waals surface area (Å²) in [5.74, 6) is 4.16. The van der Waals surface area contributed by atoms with E-state index in [-0.39, 0.29) is 24.0 Å². The van der Waals surface area contributed by atoms with Crippen LogP contribution in [0.25, 0.3) is 0 Å². The SMILES string of the molecule is CCC1CN(C(=NC)NCc2ccc(N3CCC(C)CC3)nc2)CCS1.I. The Labute approximate surface area is 185 Å². The Morgan fingerprint density at radius 2 is 2.07 bits per heavy atom. The van der Waals surface area contributed by atoms with E-state index in [0.717, 1.165) is 55.7 Å². The Morgan fingerprint density at radius 3 is 2.70 bits per heavy atom. The zero-order valence-electron chi connectivity index (χ0n) is 16.9. The fraction of sp³-hybridized carbons (Fsp3) is 0.700. The lowest BCUT2D eigenvalue weighted by Crippen LogP contribution is -2.47. The first-order valence-electron chi connectivity index (χ1n) is 9.96. The number of thioether (sulfide) groups is 1. The van der Waals surface area contributed by atoms with E-state index in [9.17, 15) is 0 Å².